The highest BCUT2D eigenvalue weighted by Crippen LogP contribution is 2.11. The second kappa shape index (κ2) is 11.2. The topological polar surface area (TPSA) is 102 Å². The molecule has 1 aromatic rings. The van der Waals surface area contributed by atoms with E-state index in [0.29, 0.717) is 31.9 Å². The van der Waals surface area contributed by atoms with Gasteiger partial charge in [0.1, 0.15) is 6.04 Å². The van der Waals surface area contributed by atoms with Crippen molar-refractivity contribution in [2.24, 2.45) is 0 Å². The number of nitrogens with one attached hydrogen (secondary N) is 1. The average molecular weight is 390 g/mol. The smallest absolute Gasteiger partial charge is 0.306 e. The van der Waals surface area contributed by atoms with E-state index in [9.17, 15) is 19.2 Å². The van der Waals surface area contributed by atoms with Gasteiger partial charge in [-0.3, -0.25) is 19.2 Å². The summed E-state index contributed by atoms with van der Waals surface area (Å²) in [7, 11) is 1.25. The lowest BCUT2D eigenvalue weighted by Gasteiger charge is -2.30. The van der Waals surface area contributed by atoms with Crippen molar-refractivity contribution in [1.82, 2.24) is 10.2 Å². The lowest BCUT2D eigenvalue weighted by molar-refractivity contribution is -0.142. The molecular weight excluding hydrogens is 364 g/mol. The molecule has 0 spiro atoms. The molecule has 8 nitrogen and oxygen atoms in total. The molecule has 1 atom stereocenters. The van der Waals surface area contributed by atoms with E-state index in [-0.39, 0.29) is 37.4 Å². The summed E-state index contributed by atoms with van der Waals surface area (Å²) < 4.78 is 9.78. The first-order valence-corrected chi connectivity index (χ1v) is 9.32. The molecule has 0 radical (unpaired) electrons. The largest absolute Gasteiger partial charge is 0.469 e. The third-order valence-electron chi connectivity index (χ3n) is 4.50. The summed E-state index contributed by atoms with van der Waals surface area (Å²) in [5.74, 6) is -1.26. The highest BCUT2D eigenvalue weighted by molar-refractivity contribution is 5.96. The highest BCUT2D eigenvalue weighted by Gasteiger charge is 2.28. The van der Waals surface area contributed by atoms with E-state index < -0.39 is 17.9 Å². The lowest BCUT2D eigenvalue weighted by atomic mass is 10.0. The van der Waals surface area contributed by atoms with Crippen LogP contribution < -0.4 is 5.32 Å². The zero-order valence-corrected chi connectivity index (χ0v) is 16.0. The maximum Gasteiger partial charge on any atom is 0.306 e. The molecule has 1 aliphatic rings. The normalized spacial score (nSPS) is 14.8. The molecule has 152 valence electrons. The number of amides is 2. The Bertz CT molecular complexity index is 685. The fourth-order valence-electron chi connectivity index (χ4n) is 2.89. The highest BCUT2D eigenvalue weighted by atomic mass is 16.5. The van der Waals surface area contributed by atoms with Crippen LogP contribution >= 0.6 is 0 Å². The van der Waals surface area contributed by atoms with Gasteiger partial charge in [-0.05, 0) is 6.42 Å². The molecule has 2 amide bonds. The molecule has 1 heterocycles. The van der Waals surface area contributed by atoms with Gasteiger partial charge in [0.05, 0.1) is 26.7 Å². The summed E-state index contributed by atoms with van der Waals surface area (Å²) in [4.78, 5) is 50.2. The van der Waals surface area contributed by atoms with E-state index in [0.717, 1.165) is 0 Å². The van der Waals surface area contributed by atoms with Gasteiger partial charge in [-0.1, -0.05) is 30.3 Å². The van der Waals surface area contributed by atoms with Crippen molar-refractivity contribution in [1.29, 1.82) is 0 Å². The number of hydrogen-bond donors (Lipinski definition) is 1. The summed E-state index contributed by atoms with van der Waals surface area (Å²) >= 11 is 0. The van der Waals surface area contributed by atoms with Crippen molar-refractivity contribution in [2.75, 3.05) is 33.4 Å². The van der Waals surface area contributed by atoms with Gasteiger partial charge >= 0.3 is 5.97 Å². The number of Topliss-reactive ketones (excluding diaryl/α,β-unsaturated/α-hetero) is 1. The molecule has 28 heavy (non-hydrogen) atoms. The zero-order valence-electron chi connectivity index (χ0n) is 16.0. The van der Waals surface area contributed by atoms with Gasteiger partial charge in [-0.15, -0.1) is 0 Å². The van der Waals surface area contributed by atoms with Gasteiger partial charge in [-0.25, -0.2) is 0 Å². The van der Waals surface area contributed by atoms with Gasteiger partial charge in [0.2, 0.25) is 11.8 Å². The second-order valence-electron chi connectivity index (χ2n) is 6.46. The van der Waals surface area contributed by atoms with E-state index in [1.54, 1.807) is 29.2 Å². The van der Waals surface area contributed by atoms with Crippen molar-refractivity contribution < 1.29 is 28.7 Å². The molecule has 1 fully saturated rings. The Kier molecular flexibility index (Phi) is 8.61. The van der Waals surface area contributed by atoms with Crippen LogP contribution in [0.3, 0.4) is 0 Å². The monoisotopic (exact) mass is 390 g/mol. The van der Waals surface area contributed by atoms with Crippen molar-refractivity contribution >= 4 is 23.6 Å². The maximum atomic E-state index is 12.8. The number of nitrogens with zero attached hydrogens (tertiary/aromatic N) is 1. The Morgan fingerprint density at radius 2 is 1.75 bits per heavy atom. The number of rotatable bonds is 9. The van der Waals surface area contributed by atoms with Crippen LogP contribution in [-0.2, 0) is 23.9 Å². The number of methoxy groups -OCH3 is 1. The lowest BCUT2D eigenvalue weighted by Crippen LogP contribution is -2.51. The third-order valence-corrected chi connectivity index (χ3v) is 4.50. The van der Waals surface area contributed by atoms with Crippen LogP contribution in [0.15, 0.2) is 30.3 Å². The molecule has 0 unspecified atom stereocenters. The molecule has 0 bridgehead atoms. The molecule has 1 saturated heterocycles. The van der Waals surface area contributed by atoms with Crippen LogP contribution in [-0.4, -0.2) is 67.9 Å². The van der Waals surface area contributed by atoms with E-state index in [1.165, 1.54) is 7.11 Å². The van der Waals surface area contributed by atoms with Crippen LogP contribution in [0, 0.1) is 0 Å². The number of carbonyl (C=O) groups is 4. The molecule has 0 aromatic heterocycles. The molecular formula is C20H26N2O6. The van der Waals surface area contributed by atoms with Gasteiger partial charge in [0.15, 0.2) is 5.78 Å². The standard InChI is InChI=1S/C20H26N2O6/c1-27-19(25)10-9-18(24)21-16(20(26)22-11-13-28-14-12-22)7-8-17(23)15-5-3-2-4-6-15/h2-6,16H,7-14H2,1H3,(H,21,24)/t16-/m0/s1. The predicted octanol–water partition coefficient (Wildman–Crippen LogP) is 0.946. The fourth-order valence-corrected chi connectivity index (χ4v) is 2.89. The summed E-state index contributed by atoms with van der Waals surface area (Å²) in [5.41, 5.74) is 0.567. The van der Waals surface area contributed by atoms with Crippen molar-refractivity contribution in [3.8, 4) is 0 Å². The first-order chi connectivity index (χ1) is 13.5. The van der Waals surface area contributed by atoms with Crippen molar-refractivity contribution in [2.45, 2.75) is 31.7 Å². The second-order valence-corrected chi connectivity index (χ2v) is 6.46. The predicted molar refractivity (Wildman–Crippen MR) is 101 cm³/mol. The Morgan fingerprint density at radius 1 is 1.07 bits per heavy atom. The van der Waals surface area contributed by atoms with E-state index in [4.69, 9.17) is 4.74 Å². The van der Waals surface area contributed by atoms with Gasteiger partial charge in [0, 0.05) is 31.5 Å². The molecule has 1 N–H and O–H groups in total. The van der Waals surface area contributed by atoms with E-state index >= 15 is 0 Å². The maximum absolute atomic E-state index is 12.8. The molecule has 0 aliphatic carbocycles. The summed E-state index contributed by atoms with van der Waals surface area (Å²) in [6, 6.07) is 7.99. The number of ketones is 1. The quantitative estimate of drug-likeness (QED) is 0.497. The molecule has 1 aromatic carbocycles. The Labute approximate surface area is 164 Å². The number of carbonyl (C=O) groups excluding carboxylic acids is 4. The van der Waals surface area contributed by atoms with Crippen molar-refractivity contribution in [3.63, 3.8) is 0 Å². The minimum Gasteiger partial charge on any atom is -0.469 e. The van der Waals surface area contributed by atoms with Gasteiger partial charge in [0.25, 0.3) is 0 Å². The summed E-state index contributed by atoms with van der Waals surface area (Å²) in [6.45, 7) is 1.77. The van der Waals surface area contributed by atoms with Crippen molar-refractivity contribution in [3.05, 3.63) is 35.9 Å². The summed E-state index contributed by atoms with van der Waals surface area (Å²) in [5, 5.41) is 2.67. The average Bonchev–Trinajstić information content (AvgIpc) is 2.75. The first kappa shape index (κ1) is 21.6. The number of morpholine rings is 1. The number of benzene rings is 1. The molecule has 8 heteroatoms. The third kappa shape index (κ3) is 6.77. The SMILES string of the molecule is COC(=O)CCC(=O)N[C@@H](CCC(=O)c1ccccc1)C(=O)N1CCOCC1. The minimum absolute atomic E-state index is 0.0657. The van der Waals surface area contributed by atoms with E-state index in [1.807, 2.05) is 6.07 Å². The minimum atomic E-state index is -0.823. The van der Waals surface area contributed by atoms with E-state index in [2.05, 4.69) is 10.1 Å². The number of esters is 1. The number of ether oxygens (including phenoxy) is 2. The first-order valence-electron chi connectivity index (χ1n) is 9.32. The Hall–Kier alpha value is -2.74. The number of hydrogen-bond acceptors (Lipinski definition) is 6. The molecule has 0 saturated carbocycles. The molecule has 1 aliphatic heterocycles. The van der Waals surface area contributed by atoms with Gasteiger partial charge in [-0.2, -0.15) is 0 Å². The van der Waals surface area contributed by atoms with Crippen LogP contribution in [0.2, 0.25) is 0 Å². The van der Waals surface area contributed by atoms with Gasteiger partial charge < -0.3 is 19.7 Å². The Morgan fingerprint density at radius 3 is 2.39 bits per heavy atom. The van der Waals surface area contributed by atoms with Crippen LogP contribution in [0.25, 0.3) is 0 Å². The zero-order chi connectivity index (χ0) is 20.4. The van der Waals surface area contributed by atoms with Crippen LogP contribution in [0.5, 0.6) is 0 Å². The summed E-state index contributed by atoms with van der Waals surface area (Å²) in [6.07, 6.45) is 0.172. The van der Waals surface area contributed by atoms with Crippen LogP contribution in [0.1, 0.15) is 36.0 Å². The molecule has 2 rings (SSSR count). The Balaban J connectivity index is 1.98. The van der Waals surface area contributed by atoms with Crippen LogP contribution in [0.4, 0.5) is 0 Å². The fraction of sp³-hybridized carbons (Fsp3) is 0.500.